The van der Waals surface area contributed by atoms with Crippen LogP contribution >= 0.6 is 23.2 Å². The Morgan fingerprint density at radius 3 is 2.44 bits per heavy atom. The molecule has 0 saturated heterocycles. The normalized spacial score (nSPS) is 12.2. The second-order valence-corrected chi connectivity index (χ2v) is 4.78. The average Bonchev–Trinajstić information content (AvgIpc) is 2.27. The number of hydrogen-bond acceptors (Lipinski definition) is 4. The van der Waals surface area contributed by atoms with Gasteiger partial charge in [-0.2, -0.15) is 0 Å². The van der Waals surface area contributed by atoms with Crippen molar-refractivity contribution in [3.05, 3.63) is 32.3 Å². The maximum atomic E-state index is 10.6. The van der Waals surface area contributed by atoms with Crippen LogP contribution in [0.4, 0.5) is 5.69 Å². The van der Waals surface area contributed by atoms with E-state index in [-0.39, 0.29) is 27.4 Å². The molecule has 0 fully saturated rings. The zero-order valence-electron chi connectivity index (χ0n) is 10.1. The first-order valence-corrected chi connectivity index (χ1v) is 6.12. The highest BCUT2D eigenvalue weighted by molar-refractivity contribution is 6.37. The Morgan fingerprint density at radius 2 is 2.00 bits per heavy atom. The highest BCUT2D eigenvalue weighted by Crippen LogP contribution is 2.36. The molecule has 1 unspecified atom stereocenters. The maximum Gasteiger partial charge on any atom is 0.272 e. The van der Waals surface area contributed by atoms with Gasteiger partial charge < -0.3 is 10.1 Å². The molecule has 0 aliphatic heterocycles. The number of nitrogens with one attached hydrogen (secondary N) is 1. The van der Waals surface area contributed by atoms with E-state index < -0.39 is 4.92 Å². The van der Waals surface area contributed by atoms with Crippen molar-refractivity contribution in [3.63, 3.8) is 0 Å². The predicted molar refractivity (Wildman–Crippen MR) is 71.7 cm³/mol. The van der Waals surface area contributed by atoms with Crippen LogP contribution in [0.2, 0.25) is 10.0 Å². The minimum atomic E-state index is -0.550. The SMILES string of the molecule is CNCC(C)COc1c(Cl)cc([N+](=O)[O-])cc1Cl. The van der Waals surface area contributed by atoms with Gasteiger partial charge >= 0.3 is 0 Å². The summed E-state index contributed by atoms with van der Waals surface area (Å²) in [7, 11) is 1.85. The fraction of sp³-hybridized carbons (Fsp3) is 0.455. The molecule has 18 heavy (non-hydrogen) atoms. The van der Waals surface area contributed by atoms with Crippen LogP contribution in [0.15, 0.2) is 12.1 Å². The van der Waals surface area contributed by atoms with Gasteiger partial charge in [0.05, 0.1) is 21.6 Å². The number of benzene rings is 1. The molecule has 1 aromatic carbocycles. The van der Waals surface area contributed by atoms with Gasteiger partial charge in [0.2, 0.25) is 0 Å². The molecule has 1 atom stereocenters. The van der Waals surface area contributed by atoms with Gasteiger partial charge in [0.1, 0.15) is 0 Å². The third-order valence-electron chi connectivity index (χ3n) is 2.26. The second kappa shape index (κ2) is 6.78. The molecule has 0 radical (unpaired) electrons. The van der Waals surface area contributed by atoms with Gasteiger partial charge in [-0.1, -0.05) is 30.1 Å². The van der Waals surface area contributed by atoms with Gasteiger partial charge in [-0.15, -0.1) is 0 Å². The number of hydrogen-bond donors (Lipinski definition) is 1. The summed E-state index contributed by atoms with van der Waals surface area (Å²) in [5.74, 6) is 0.559. The molecule has 0 aromatic heterocycles. The van der Waals surface area contributed by atoms with Crippen molar-refractivity contribution in [1.29, 1.82) is 0 Å². The summed E-state index contributed by atoms with van der Waals surface area (Å²) in [5.41, 5.74) is -0.152. The molecular formula is C11H14Cl2N2O3. The Balaban J connectivity index is 2.81. The molecule has 1 aromatic rings. The van der Waals surface area contributed by atoms with Crippen LogP contribution in [0.5, 0.6) is 5.75 Å². The van der Waals surface area contributed by atoms with Crippen molar-refractivity contribution in [2.75, 3.05) is 20.2 Å². The largest absolute Gasteiger partial charge is 0.490 e. The minimum Gasteiger partial charge on any atom is -0.490 e. The van der Waals surface area contributed by atoms with Crippen molar-refractivity contribution in [2.45, 2.75) is 6.92 Å². The summed E-state index contributed by atoms with van der Waals surface area (Å²) in [6.07, 6.45) is 0. The first-order chi connectivity index (χ1) is 8.45. The monoisotopic (exact) mass is 292 g/mol. The van der Waals surface area contributed by atoms with E-state index in [1.54, 1.807) is 0 Å². The van der Waals surface area contributed by atoms with Crippen LogP contribution in [0, 0.1) is 16.0 Å². The fourth-order valence-corrected chi connectivity index (χ4v) is 2.01. The maximum absolute atomic E-state index is 10.6. The van der Waals surface area contributed by atoms with Gasteiger partial charge in [0.25, 0.3) is 5.69 Å². The molecule has 1 rings (SSSR count). The predicted octanol–water partition coefficient (Wildman–Crippen LogP) is 3.14. The average molecular weight is 293 g/mol. The highest BCUT2D eigenvalue weighted by Gasteiger charge is 2.16. The second-order valence-electron chi connectivity index (χ2n) is 3.97. The van der Waals surface area contributed by atoms with E-state index in [0.717, 1.165) is 6.54 Å². The van der Waals surface area contributed by atoms with Gasteiger partial charge in [-0.25, -0.2) is 0 Å². The number of ether oxygens (including phenoxy) is 1. The topological polar surface area (TPSA) is 64.4 Å². The molecular weight excluding hydrogens is 279 g/mol. The summed E-state index contributed by atoms with van der Waals surface area (Å²) in [6, 6.07) is 2.46. The quantitative estimate of drug-likeness (QED) is 0.646. The van der Waals surface area contributed by atoms with E-state index in [0.29, 0.717) is 6.61 Å². The number of nitro groups is 1. The van der Waals surface area contributed by atoms with Crippen LogP contribution in [0.1, 0.15) is 6.92 Å². The molecule has 5 nitrogen and oxygen atoms in total. The van der Waals surface area contributed by atoms with Crippen LogP contribution in [-0.4, -0.2) is 25.1 Å². The summed E-state index contributed by atoms with van der Waals surface area (Å²) < 4.78 is 5.49. The van der Waals surface area contributed by atoms with Gasteiger partial charge in [-0.05, 0) is 7.05 Å². The molecule has 1 N–H and O–H groups in total. The molecule has 100 valence electrons. The molecule has 0 amide bonds. The molecule has 0 saturated carbocycles. The standard InChI is InChI=1S/C11H14Cl2N2O3/c1-7(5-14-2)6-18-11-9(12)3-8(15(16)17)4-10(11)13/h3-4,7,14H,5-6H2,1-2H3. The Labute approximate surface area is 115 Å². The van der Waals surface area contributed by atoms with Crippen LogP contribution in [0.3, 0.4) is 0 Å². The molecule has 0 aliphatic carbocycles. The third-order valence-corrected chi connectivity index (χ3v) is 2.82. The van der Waals surface area contributed by atoms with Crippen molar-refractivity contribution in [3.8, 4) is 5.75 Å². The van der Waals surface area contributed by atoms with Crippen molar-refractivity contribution in [2.24, 2.45) is 5.92 Å². The first-order valence-electron chi connectivity index (χ1n) is 5.36. The molecule has 0 aliphatic rings. The number of halogens is 2. The zero-order valence-corrected chi connectivity index (χ0v) is 11.6. The molecule has 7 heteroatoms. The smallest absolute Gasteiger partial charge is 0.272 e. The van der Waals surface area contributed by atoms with Crippen LogP contribution in [-0.2, 0) is 0 Å². The van der Waals surface area contributed by atoms with E-state index in [1.165, 1.54) is 12.1 Å². The highest BCUT2D eigenvalue weighted by atomic mass is 35.5. The molecule has 0 heterocycles. The van der Waals surface area contributed by atoms with E-state index >= 15 is 0 Å². The van der Waals surface area contributed by atoms with Crippen molar-refractivity contribution >= 4 is 28.9 Å². The van der Waals surface area contributed by atoms with E-state index in [4.69, 9.17) is 27.9 Å². The number of non-ortho nitro benzene ring substituents is 1. The minimum absolute atomic E-state index is 0.144. The van der Waals surface area contributed by atoms with E-state index in [9.17, 15) is 10.1 Å². The van der Waals surface area contributed by atoms with Gasteiger partial charge in [-0.3, -0.25) is 10.1 Å². The van der Waals surface area contributed by atoms with E-state index in [1.807, 2.05) is 14.0 Å². The number of nitro benzene ring substituents is 1. The number of nitrogens with zero attached hydrogens (tertiary/aromatic N) is 1. The molecule has 0 bridgehead atoms. The van der Waals surface area contributed by atoms with Crippen LogP contribution in [0.25, 0.3) is 0 Å². The lowest BCUT2D eigenvalue weighted by Gasteiger charge is -2.14. The zero-order chi connectivity index (χ0) is 13.7. The van der Waals surface area contributed by atoms with Gasteiger partial charge in [0.15, 0.2) is 5.75 Å². The van der Waals surface area contributed by atoms with Crippen molar-refractivity contribution < 1.29 is 9.66 Å². The Kier molecular flexibility index (Phi) is 5.65. The first kappa shape index (κ1) is 15.0. The lowest BCUT2D eigenvalue weighted by Crippen LogP contribution is -2.21. The fourth-order valence-electron chi connectivity index (χ4n) is 1.42. The summed E-state index contributed by atoms with van der Waals surface area (Å²) in [6.45, 7) is 3.23. The van der Waals surface area contributed by atoms with Crippen LogP contribution < -0.4 is 10.1 Å². The third kappa shape index (κ3) is 4.01. The summed E-state index contributed by atoms with van der Waals surface area (Å²) >= 11 is 11.8. The molecule has 0 spiro atoms. The van der Waals surface area contributed by atoms with Crippen molar-refractivity contribution in [1.82, 2.24) is 5.32 Å². The Hall–Kier alpha value is -1.04. The summed E-state index contributed by atoms with van der Waals surface area (Å²) in [4.78, 5) is 10.1. The van der Waals surface area contributed by atoms with Gasteiger partial charge in [0, 0.05) is 24.6 Å². The van der Waals surface area contributed by atoms with E-state index in [2.05, 4.69) is 5.32 Å². The Bertz CT molecular complexity index is 417. The number of rotatable bonds is 6. The Morgan fingerprint density at radius 1 is 1.44 bits per heavy atom. The lowest BCUT2D eigenvalue weighted by molar-refractivity contribution is -0.384. The summed E-state index contributed by atoms with van der Waals surface area (Å²) in [5, 5.41) is 13.9. The lowest BCUT2D eigenvalue weighted by atomic mass is 10.2.